The molecule has 0 fully saturated rings. The van der Waals surface area contributed by atoms with E-state index in [2.05, 4.69) is 9.89 Å². The molecule has 92 valence electrons. The lowest BCUT2D eigenvalue weighted by Gasteiger charge is -1.99. The quantitative estimate of drug-likeness (QED) is 0.613. The summed E-state index contributed by atoms with van der Waals surface area (Å²) in [6, 6.07) is 9.00. The van der Waals surface area contributed by atoms with Gasteiger partial charge < -0.3 is 9.26 Å². The molecule has 0 saturated carbocycles. The second-order valence-corrected chi connectivity index (χ2v) is 3.65. The molecule has 0 atom stereocenters. The Hall–Kier alpha value is -2.43. The molecule has 2 aromatic rings. The second kappa shape index (κ2) is 4.83. The molecule has 0 aliphatic carbocycles. The lowest BCUT2D eigenvalue weighted by molar-refractivity contribution is 0.0586. The Morgan fingerprint density at radius 1 is 1.22 bits per heavy atom. The highest BCUT2D eigenvalue weighted by molar-refractivity contribution is 6.07. The number of ketones is 1. The summed E-state index contributed by atoms with van der Waals surface area (Å²) < 4.78 is 9.66. The van der Waals surface area contributed by atoms with Crippen LogP contribution >= 0.6 is 0 Å². The Morgan fingerprint density at radius 2 is 1.89 bits per heavy atom. The van der Waals surface area contributed by atoms with Crippen LogP contribution in [0.2, 0.25) is 0 Å². The molecule has 0 unspecified atom stereocenters. The normalized spacial score (nSPS) is 10.1. The van der Waals surface area contributed by atoms with Crippen molar-refractivity contribution < 1.29 is 18.8 Å². The molecule has 1 aromatic heterocycles. The van der Waals surface area contributed by atoms with E-state index in [1.165, 1.54) is 14.0 Å². The van der Waals surface area contributed by atoms with Crippen LogP contribution in [0.3, 0.4) is 0 Å². The van der Waals surface area contributed by atoms with E-state index in [1.54, 1.807) is 24.3 Å². The zero-order valence-electron chi connectivity index (χ0n) is 9.97. The van der Waals surface area contributed by atoms with Crippen molar-refractivity contribution in [1.29, 1.82) is 0 Å². The molecule has 1 aromatic carbocycles. The van der Waals surface area contributed by atoms with Gasteiger partial charge in [0.05, 0.1) is 12.7 Å². The van der Waals surface area contributed by atoms with Gasteiger partial charge in [0.25, 0.3) is 0 Å². The number of hydrogen-bond acceptors (Lipinski definition) is 5. The topological polar surface area (TPSA) is 69.4 Å². The Balaban J connectivity index is 2.60. The zero-order valence-corrected chi connectivity index (χ0v) is 9.97. The lowest BCUT2D eigenvalue weighted by Crippen LogP contribution is -2.08. The van der Waals surface area contributed by atoms with Crippen LogP contribution in [0.25, 0.3) is 11.3 Å². The van der Waals surface area contributed by atoms with E-state index in [1.807, 2.05) is 6.07 Å². The number of ether oxygens (including phenoxy) is 1. The summed E-state index contributed by atoms with van der Waals surface area (Å²) >= 11 is 0. The standard InChI is InChI=1S/C13H11NO4/c1-8(15)10-11(13(16)17-2)14-18-12(10)9-6-4-3-5-7-9/h3-7H,1-2H3. The molecule has 18 heavy (non-hydrogen) atoms. The number of nitrogens with zero attached hydrogens (tertiary/aromatic N) is 1. The molecule has 5 heteroatoms. The van der Waals surface area contributed by atoms with Gasteiger partial charge in [-0.2, -0.15) is 0 Å². The fourth-order valence-electron chi connectivity index (χ4n) is 1.64. The molecule has 0 saturated heterocycles. The molecule has 0 N–H and O–H groups in total. The predicted molar refractivity (Wildman–Crippen MR) is 63.3 cm³/mol. The van der Waals surface area contributed by atoms with Crippen molar-refractivity contribution in [3.05, 3.63) is 41.6 Å². The third kappa shape index (κ3) is 2.02. The summed E-state index contributed by atoms with van der Waals surface area (Å²) in [5.41, 5.74) is 0.738. The van der Waals surface area contributed by atoms with Crippen LogP contribution in [0, 0.1) is 0 Å². The fraction of sp³-hybridized carbons (Fsp3) is 0.154. The number of benzene rings is 1. The lowest BCUT2D eigenvalue weighted by atomic mass is 10.0. The number of Topliss-reactive ketones (excluding diaryl/α,β-unsaturated/α-hetero) is 1. The third-order valence-corrected chi connectivity index (χ3v) is 2.46. The molecule has 0 radical (unpaired) electrons. The van der Waals surface area contributed by atoms with Gasteiger partial charge in [-0.1, -0.05) is 35.5 Å². The first-order chi connectivity index (χ1) is 8.65. The third-order valence-electron chi connectivity index (χ3n) is 2.46. The number of esters is 1. The van der Waals surface area contributed by atoms with Crippen LogP contribution in [0.1, 0.15) is 27.8 Å². The highest BCUT2D eigenvalue weighted by Gasteiger charge is 2.26. The summed E-state index contributed by atoms with van der Waals surface area (Å²) in [5.74, 6) is -0.704. The zero-order chi connectivity index (χ0) is 13.1. The smallest absolute Gasteiger partial charge is 0.361 e. The maximum absolute atomic E-state index is 11.6. The molecular formula is C13H11NO4. The SMILES string of the molecule is COC(=O)c1noc(-c2ccccc2)c1C(C)=O. The molecule has 0 bridgehead atoms. The first-order valence-corrected chi connectivity index (χ1v) is 5.29. The van der Waals surface area contributed by atoms with Crippen LogP contribution < -0.4 is 0 Å². The number of methoxy groups -OCH3 is 1. The molecule has 5 nitrogen and oxygen atoms in total. The molecule has 0 spiro atoms. The minimum atomic E-state index is -0.689. The van der Waals surface area contributed by atoms with E-state index in [9.17, 15) is 9.59 Å². The first kappa shape index (κ1) is 12.0. The van der Waals surface area contributed by atoms with E-state index in [4.69, 9.17) is 4.52 Å². The van der Waals surface area contributed by atoms with Gasteiger partial charge in [-0.25, -0.2) is 4.79 Å². The van der Waals surface area contributed by atoms with Crippen LogP contribution in [0.4, 0.5) is 0 Å². The summed E-state index contributed by atoms with van der Waals surface area (Å²) in [6.45, 7) is 1.35. The Kier molecular flexibility index (Phi) is 3.23. The van der Waals surface area contributed by atoms with Crippen molar-refractivity contribution in [2.24, 2.45) is 0 Å². The summed E-state index contributed by atoms with van der Waals surface area (Å²) in [5, 5.41) is 3.61. The van der Waals surface area contributed by atoms with Gasteiger partial charge in [0, 0.05) is 5.56 Å². The summed E-state index contributed by atoms with van der Waals surface area (Å²) in [6.07, 6.45) is 0. The summed E-state index contributed by atoms with van der Waals surface area (Å²) in [7, 11) is 1.23. The monoisotopic (exact) mass is 245 g/mol. The Bertz CT molecular complexity index is 586. The first-order valence-electron chi connectivity index (χ1n) is 5.29. The van der Waals surface area contributed by atoms with E-state index < -0.39 is 5.97 Å². The average Bonchev–Trinajstić information content (AvgIpc) is 2.83. The van der Waals surface area contributed by atoms with Crippen LogP contribution in [-0.4, -0.2) is 24.0 Å². The van der Waals surface area contributed by atoms with E-state index in [0.29, 0.717) is 5.56 Å². The highest BCUT2D eigenvalue weighted by Crippen LogP contribution is 2.27. The number of carbonyl (C=O) groups is 2. The maximum Gasteiger partial charge on any atom is 0.361 e. The molecule has 0 aliphatic rings. The van der Waals surface area contributed by atoms with Crippen molar-refractivity contribution in [3.8, 4) is 11.3 Å². The molecular weight excluding hydrogens is 234 g/mol. The van der Waals surface area contributed by atoms with Crippen LogP contribution in [0.5, 0.6) is 0 Å². The van der Waals surface area contributed by atoms with Gasteiger partial charge in [-0.05, 0) is 6.92 Å². The van der Waals surface area contributed by atoms with Crippen molar-refractivity contribution in [3.63, 3.8) is 0 Å². The minimum absolute atomic E-state index is 0.0937. The van der Waals surface area contributed by atoms with E-state index >= 15 is 0 Å². The number of aromatic nitrogens is 1. The number of hydrogen-bond donors (Lipinski definition) is 0. The second-order valence-electron chi connectivity index (χ2n) is 3.65. The molecule has 0 amide bonds. The molecule has 2 rings (SSSR count). The van der Waals surface area contributed by atoms with Gasteiger partial charge >= 0.3 is 5.97 Å². The Morgan fingerprint density at radius 3 is 2.44 bits per heavy atom. The van der Waals surface area contributed by atoms with Gasteiger partial charge in [-0.3, -0.25) is 4.79 Å². The van der Waals surface area contributed by atoms with Gasteiger partial charge in [0.1, 0.15) is 0 Å². The predicted octanol–water partition coefficient (Wildman–Crippen LogP) is 2.33. The van der Waals surface area contributed by atoms with Crippen molar-refractivity contribution in [2.45, 2.75) is 6.92 Å². The number of rotatable bonds is 3. The molecule has 1 heterocycles. The van der Waals surface area contributed by atoms with Crippen molar-refractivity contribution in [1.82, 2.24) is 5.16 Å². The minimum Gasteiger partial charge on any atom is -0.464 e. The van der Waals surface area contributed by atoms with Gasteiger partial charge in [-0.15, -0.1) is 0 Å². The number of carbonyl (C=O) groups excluding carboxylic acids is 2. The van der Waals surface area contributed by atoms with E-state index in [0.717, 1.165) is 0 Å². The van der Waals surface area contributed by atoms with Crippen molar-refractivity contribution in [2.75, 3.05) is 7.11 Å². The summed E-state index contributed by atoms with van der Waals surface area (Å²) in [4.78, 5) is 23.1. The highest BCUT2D eigenvalue weighted by atomic mass is 16.5. The van der Waals surface area contributed by atoms with E-state index in [-0.39, 0.29) is 22.8 Å². The van der Waals surface area contributed by atoms with Gasteiger partial charge in [0.15, 0.2) is 11.5 Å². The largest absolute Gasteiger partial charge is 0.464 e. The maximum atomic E-state index is 11.6. The average molecular weight is 245 g/mol. The fourth-order valence-corrected chi connectivity index (χ4v) is 1.64. The van der Waals surface area contributed by atoms with Crippen molar-refractivity contribution >= 4 is 11.8 Å². The Labute approximate surface area is 103 Å². The van der Waals surface area contributed by atoms with Crippen LogP contribution in [0.15, 0.2) is 34.9 Å². The van der Waals surface area contributed by atoms with Crippen LogP contribution in [-0.2, 0) is 4.74 Å². The molecule has 0 aliphatic heterocycles. The van der Waals surface area contributed by atoms with Gasteiger partial charge in [0.2, 0.25) is 5.69 Å².